The maximum absolute atomic E-state index is 12.7. The van der Waals surface area contributed by atoms with E-state index >= 15 is 0 Å². The number of morpholine rings is 1. The third-order valence-corrected chi connectivity index (χ3v) is 3.13. The molecule has 0 bridgehead atoms. The van der Waals surface area contributed by atoms with Crippen molar-refractivity contribution >= 4 is 11.6 Å². The van der Waals surface area contributed by atoms with Gasteiger partial charge >= 0.3 is 6.18 Å². The van der Waals surface area contributed by atoms with E-state index in [1.807, 2.05) is 0 Å². The SMILES string of the molecule is FC(F)(F)c1cc(CC2CNCCO2)ccc1Cl. The number of halogens is 4. The first-order chi connectivity index (χ1) is 8.47. The molecule has 18 heavy (non-hydrogen) atoms. The number of benzene rings is 1. The summed E-state index contributed by atoms with van der Waals surface area (Å²) in [6, 6.07) is 3.99. The third kappa shape index (κ3) is 3.37. The minimum absolute atomic E-state index is 0.0824. The van der Waals surface area contributed by atoms with Crippen LogP contribution in [0.2, 0.25) is 5.02 Å². The van der Waals surface area contributed by atoms with Crippen molar-refractivity contribution in [3.8, 4) is 0 Å². The Morgan fingerprint density at radius 3 is 2.78 bits per heavy atom. The molecule has 2 nitrogen and oxygen atoms in total. The second-order valence-electron chi connectivity index (χ2n) is 4.21. The summed E-state index contributed by atoms with van der Waals surface area (Å²) in [7, 11) is 0. The number of rotatable bonds is 2. The molecule has 1 aromatic rings. The minimum atomic E-state index is -4.42. The number of hydrogen-bond acceptors (Lipinski definition) is 2. The highest BCUT2D eigenvalue weighted by Gasteiger charge is 2.33. The molecule has 2 rings (SSSR count). The fraction of sp³-hybridized carbons (Fsp3) is 0.500. The second kappa shape index (κ2) is 5.47. The first-order valence-corrected chi connectivity index (χ1v) is 6.02. The summed E-state index contributed by atoms with van der Waals surface area (Å²) in [5, 5.41) is 2.87. The van der Waals surface area contributed by atoms with Gasteiger partial charge < -0.3 is 10.1 Å². The summed E-state index contributed by atoms with van der Waals surface area (Å²) in [6.07, 6.45) is -4.05. The Morgan fingerprint density at radius 1 is 1.39 bits per heavy atom. The summed E-state index contributed by atoms with van der Waals surface area (Å²) in [5.74, 6) is 0. The molecule has 1 fully saturated rings. The monoisotopic (exact) mass is 279 g/mol. The van der Waals surface area contributed by atoms with E-state index < -0.39 is 11.7 Å². The minimum Gasteiger partial charge on any atom is -0.375 e. The van der Waals surface area contributed by atoms with Crippen LogP contribution in [0.4, 0.5) is 13.2 Å². The van der Waals surface area contributed by atoms with E-state index in [9.17, 15) is 13.2 Å². The van der Waals surface area contributed by atoms with Gasteiger partial charge in [-0.1, -0.05) is 17.7 Å². The molecule has 1 N–H and O–H groups in total. The second-order valence-corrected chi connectivity index (χ2v) is 4.62. The fourth-order valence-electron chi connectivity index (χ4n) is 1.93. The molecule has 0 aromatic heterocycles. The molecule has 0 spiro atoms. The maximum Gasteiger partial charge on any atom is 0.417 e. The van der Waals surface area contributed by atoms with Gasteiger partial charge in [-0.05, 0) is 24.1 Å². The highest BCUT2D eigenvalue weighted by Crippen LogP contribution is 2.35. The standard InChI is InChI=1S/C12H13ClF3NO/c13-11-2-1-8(6-10(11)12(14,15)16)5-9-7-17-3-4-18-9/h1-2,6,9,17H,3-5,7H2. The Hall–Kier alpha value is -0.780. The molecular weight excluding hydrogens is 267 g/mol. The normalized spacial score (nSPS) is 21.0. The van der Waals surface area contributed by atoms with Gasteiger partial charge in [-0.15, -0.1) is 0 Å². The van der Waals surface area contributed by atoms with Gasteiger partial charge in [-0.25, -0.2) is 0 Å². The van der Waals surface area contributed by atoms with Crippen LogP contribution in [0.5, 0.6) is 0 Å². The van der Waals surface area contributed by atoms with Crippen LogP contribution in [-0.4, -0.2) is 25.8 Å². The van der Waals surface area contributed by atoms with Gasteiger partial charge in [-0.3, -0.25) is 0 Å². The zero-order chi connectivity index (χ0) is 13.2. The summed E-state index contributed by atoms with van der Waals surface area (Å²) in [5.41, 5.74) is -0.203. The van der Waals surface area contributed by atoms with Gasteiger partial charge in [0.2, 0.25) is 0 Å². The fourth-order valence-corrected chi connectivity index (χ4v) is 2.16. The number of hydrogen-bond donors (Lipinski definition) is 1. The lowest BCUT2D eigenvalue weighted by Crippen LogP contribution is -2.39. The molecule has 1 atom stereocenters. The number of ether oxygens (including phenoxy) is 1. The van der Waals surface area contributed by atoms with Crippen LogP contribution in [-0.2, 0) is 17.3 Å². The quantitative estimate of drug-likeness (QED) is 0.899. The summed E-state index contributed by atoms with van der Waals surface area (Å²) >= 11 is 5.56. The van der Waals surface area contributed by atoms with E-state index in [0.717, 1.165) is 12.6 Å². The van der Waals surface area contributed by atoms with E-state index in [0.29, 0.717) is 25.1 Å². The van der Waals surface area contributed by atoms with Crippen molar-refractivity contribution in [3.05, 3.63) is 34.3 Å². The van der Waals surface area contributed by atoms with Gasteiger partial charge in [0.05, 0.1) is 23.3 Å². The average Bonchev–Trinajstić information content (AvgIpc) is 2.31. The molecule has 1 saturated heterocycles. The predicted molar refractivity (Wildman–Crippen MR) is 62.8 cm³/mol. The van der Waals surface area contributed by atoms with Crippen LogP contribution in [0.3, 0.4) is 0 Å². The van der Waals surface area contributed by atoms with E-state index in [-0.39, 0.29) is 11.1 Å². The smallest absolute Gasteiger partial charge is 0.375 e. The van der Waals surface area contributed by atoms with E-state index in [2.05, 4.69) is 5.32 Å². The van der Waals surface area contributed by atoms with Gasteiger partial charge in [0.1, 0.15) is 0 Å². The Bertz CT molecular complexity index is 416. The number of nitrogens with one attached hydrogen (secondary N) is 1. The average molecular weight is 280 g/mol. The molecule has 6 heteroatoms. The molecule has 1 aliphatic rings. The van der Waals surface area contributed by atoms with Crippen molar-refractivity contribution in [2.45, 2.75) is 18.7 Å². The molecule has 1 aromatic carbocycles. The molecule has 0 amide bonds. The van der Waals surface area contributed by atoms with Gasteiger partial charge in [0.25, 0.3) is 0 Å². The molecule has 0 radical (unpaired) electrons. The Labute approximate surface area is 108 Å². The van der Waals surface area contributed by atoms with Crippen LogP contribution in [0.15, 0.2) is 18.2 Å². The number of alkyl halides is 3. The lowest BCUT2D eigenvalue weighted by Gasteiger charge is -2.24. The first-order valence-electron chi connectivity index (χ1n) is 5.65. The van der Waals surface area contributed by atoms with Crippen molar-refractivity contribution in [2.24, 2.45) is 0 Å². The molecule has 0 aliphatic carbocycles. The van der Waals surface area contributed by atoms with Gasteiger partial charge in [0.15, 0.2) is 0 Å². The van der Waals surface area contributed by atoms with E-state index in [1.165, 1.54) is 6.07 Å². The van der Waals surface area contributed by atoms with Gasteiger partial charge in [-0.2, -0.15) is 13.2 Å². The summed E-state index contributed by atoms with van der Waals surface area (Å²) in [4.78, 5) is 0. The molecule has 1 aliphatic heterocycles. The molecule has 100 valence electrons. The zero-order valence-corrected chi connectivity index (χ0v) is 10.3. The van der Waals surface area contributed by atoms with Crippen molar-refractivity contribution in [3.63, 3.8) is 0 Å². The maximum atomic E-state index is 12.7. The lowest BCUT2D eigenvalue weighted by atomic mass is 10.0. The molecule has 0 saturated carbocycles. The van der Waals surface area contributed by atoms with Crippen molar-refractivity contribution in [2.75, 3.05) is 19.7 Å². The van der Waals surface area contributed by atoms with Gasteiger partial charge in [0, 0.05) is 13.1 Å². The largest absolute Gasteiger partial charge is 0.417 e. The summed E-state index contributed by atoms with van der Waals surface area (Å²) in [6.45, 7) is 2.03. The lowest BCUT2D eigenvalue weighted by molar-refractivity contribution is -0.137. The Kier molecular flexibility index (Phi) is 4.14. The molecule has 1 unspecified atom stereocenters. The first kappa shape index (κ1) is 13.6. The van der Waals surface area contributed by atoms with E-state index in [1.54, 1.807) is 6.07 Å². The van der Waals surface area contributed by atoms with Crippen LogP contribution < -0.4 is 5.32 Å². The Morgan fingerprint density at radius 2 is 2.17 bits per heavy atom. The van der Waals surface area contributed by atoms with Crippen molar-refractivity contribution < 1.29 is 17.9 Å². The van der Waals surface area contributed by atoms with Crippen LogP contribution in [0, 0.1) is 0 Å². The third-order valence-electron chi connectivity index (χ3n) is 2.80. The highest BCUT2D eigenvalue weighted by atomic mass is 35.5. The van der Waals surface area contributed by atoms with Crippen molar-refractivity contribution in [1.82, 2.24) is 5.32 Å². The molecular formula is C12H13ClF3NO. The van der Waals surface area contributed by atoms with Crippen molar-refractivity contribution in [1.29, 1.82) is 0 Å². The van der Waals surface area contributed by atoms with Crippen LogP contribution >= 0.6 is 11.6 Å². The highest BCUT2D eigenvalue weighted by molar-refractivity contribution is 6.31. The van der Waals surface area contributed by atoms with E-state index in [4.69, 9.17) is 16.3 Å². The van der Waals surface area contributed by atoms with Crippen LogP contribution in [0.25, 0.3) is 0 Å². The predicted octanol–water partition coefficient (Wildman–Crippen LogP) is 2.89. The molecule has 1 heterocycles. The zero-order valence-electron chi connectivity index (χ0n) is 9.56. The summed E-state index contributed by atoms with van der Waals surface area (Å²) < 4.78 is 43.5. The topological polar surface area (TPSA) is 21.3 Å². The Balaban J connectivity index is 2.14. The van der Waals surface area contributed by atoms with Crippen LogP contribution in [0.1, 0.15) is 11.1 Å².